The summed E-state index contributed by atoms with van der Waals surface area (Å²) >= 11 is 0. The fourth-order valence-corrected chi connectivity index (χ4v) is 11.0. The van der Waals surface area contributed by atoms with E-state index in [2.05, 4.69) is 54.2 Å². The number of Topliss-reactive ketones (excluding diaryl/α,β-unsaturated/α-hetero) is 1. The van der Waals surface area contributed by atoms with Crippen LogP contribution in [0.2, 0.25) is 0 Å². The van der Waals surface area contributed by atoms with E-state index in [1.54, 1.807) is 32.5 Å². The Kier molecular flexibility index (Phi) is 21.0. The number of likely N-dealkylation sites (N-methyl/N-ethyl adjacent to an activating group) is 1. The molecule has 6 atom stereocenters. The van der Waals surface area contributed by atoms with Gasteiger partial charge in [-0.2, -0.15) is 54.0 Å². The molecule has 2 aromatic heterocycles. The maximum atomic E-state index is 14.8. The molecule has 3 saturated heterocycles. The predicted octanol–water partition coefficient (Wildman–Crippen LogP) is 7.56. The van der Waals surface area contributed by atoms with Crippen molar-refractivity contribution in [3.05, 3.63) is 71.5 Å². The van der Waals surface area contributed by atoms with E-state index < -0.39 is 47.6 Å². The van der Waals surface area contributed by atoms with Crippen LogP contribution in [0.15, 0.2) is 54.7 Å². The third kappa shape index (κ3) is 12.8. The molecule has 3 fully saturated rings. The second kappa shape index (κ2) is 25.0. The number of amides is 2. The van der Waals surface area contributed by atoms with Crippen molar-refractivity contribution in [2.45, 2.75) is 136 Å². The molecule has 2 amide bonds. The number of nitrogens with one attached hydrogen (secondary N) is 2. The summed E-state index contributed by atoms with van der Waals surface area (Å²) in [5, 5.41) is 18.8. The Morgan fingerprint density at radius 1 is 0.986 bits per heavy atom. The summed E-state index contributed by atoms with van der Waals surface area (Å²) < 4.78 is 26.0. The number of aromatic nitrogens is 2. The second-order valence-electron chi connectivity index (χ2n) is 20.6. The van der Waals surface area contributed by atoms with Crippen LogP contribution in [-0.4, -0.2) is 114 Å². The summed E-state index contributed by atoms with van der Waals surface area (Å²) in [7, 11) is 3.31. The fraction of sp³-hybridized carbons (Fsp3) is 0.566. The van der Waals surface area contributed by atoms with Crippen molar-refractivity contribution in [1.29, 1.82) is 0 Å². The molecule has 1 spiro atoms. The Labute approximate surface area is 447 Å². The van der Waals surface area contributed by atoms with Crippen molar-refractivity contribution < 1.29 is 43.2 Å². The zero-order chi connectivity index (χ0) is 47.8. The van der Waals surface area contributed by atoms with Gasteiger partial charge in [0.2, 0.25) is 5.91 Å². The van der Waals surface area contributed by atoms with Crippen LogP contribution in [0.4, 0.5) is 0 Å². The fourth-order valence-electron chi connectivity index (χ4n) is 11.0. The topological polar surface area (TPSA) is 171 Å². The summed E-state index contributed by atoms with van der Waals surface area (Å²) in [6.45, 7) is 14.6. The number of piperidine rings is 1. The smallest absolute Gasteiger partial charge is 0.323 e. The number of carbonyl (C=O) groups excluding carboxylic acids is 4. The quantitative estimate of drug-likeness (QED) is 0.142. The predicted molar refractivity (Wildman–Crippen MR) is 297 cm³/mol. The SMILES string of the molecule is CCn1c(-c2cccnc2[C@H](C)OC)c2c3cc(ccc31)-c1cc(O)cc(c1)C[C@H](NC(=O)[C@H](C(C)C)N(C)C(=O)C1CC3(CCOCC3)CO1)C(=O)C1CCC[C@H](N1)C(=O)OCC(C)(C)C2.S.S.S.S. The Morgan fingerprint density at radius 3 is 2.39 bits per heavy atom. The minimum absolute atomic E-state index is 0. The molecular weight excluding hydrogens is 979 g/mol. The molecule has 2 unspecified atom stereocenters. The molecule has 4 aromatic rings. The molecular formula is C53H77N5O9S4. The first kappa shape index (κ1) is 59.8. The van der Waals surface area contributed by atoms with Crippen LogP contribution in [0.5, 0.6) is 5.75 Å². The highest BCUT2D eigenvalue weighted by Gasteiger charge is 2.46. The van der Waals surface area contributed by atoms with E-state index in [-0.39, 0.29) is 102 Å². The molecule has 3 N–H and O–H groups in total. The molecule has 14 nitrogen and oxygen atoms in total. The molecule has 4 aliphatic rings. The first-order chi connectivity index (χ1) is 32.0. The number of phenolic OH excluding ortho intramolecular Hbond substituents is 1. The van der Waals surface area contributed by atoms with Crippen molar-refractivity contribution in [2.75, 3.05) is 40.6 Å². The van der Waals surface area contributed by atoms with Crippen molar-refractivity contribution in [3.8, 4) is 28.1 Å². The van der Waals surface area contributed by atoms with E-state index in [9.17, 15) is 24.3 Å². The molecule has 0 aliphatic carbocycles. The van der Waals surface area contributed by atoms with E-state index >= 15 is 0 Å². The lowest BCUT2D eigenvalue weighted by Gasteiger charge is -2.35. The normalized spacial score (nSPS) is 22.6. The Morgan fingerprint density at radius 2 is 1.70 bits per heavy atom. The molecule has 71 heavy (non-hydrogen) atoms. The second-order valence-corrected chi connectivity index (χ2v) is 20.6. The number of aromatic hydroxyl groups is 1. The van der Waals surface area contributed by atoms with Crippen molar-refractivity contribution in [2.24, 2.45) is 16.7 Å². The average Bonchev–Trinajstić information content (AvgIpc) is 3.86. The van der Waals surface area contributed by atoms with Gasteiger partial charge in [-0.3, -0.25) is 29.5 Å². The van der Waals surface area contributed by atoms with Gasteiger partial charge in [-0.25, -0.2) is 0 Å². The number of cyclic esters (lactones) is 1. The Balaban J connectivity index is 0.00000274. The van der Waals surface area contributed by atoms with E-state index in [4.69, 9.17) is 23.9 Å². The highest BCUT2D eigenvalue weighted by atomic mass is 32.1. The number of ether oxygens (including phenoxy) is 4. The summed E-state index contributed by atoms with van der Waals surface area (Å²) in [6, 6.07) is 12.2. The number of aryl methyl sites for hydroxylation is 1. The number of carbonyl (C=O) groups is 4. The van der Waals surface area contributed by atoms with Crippen molar-refractivity contribution in [3.63, 3.8) is 0 Å². The number of hydrogen-bond donors (Lipinski definition) is 3. The number of methoxy groups -OCH3 is 1. The maximum Gasteiger partial charge on any atom is 0.323 e. The summed E-state index contributed by atoms with van der Waals surface area (Å²) in [5.41, 5.74) is 6.50. The molecule has 392 valence electrons. The van der Waals surface area contributed by atoms with E-state index in [0.717, 1.165) is 57.4 Å². The van der Waals surface area contributed by atoms with Crippen LogP contribution in [0.3, 0.4) is 0 Å². The first-order valence-corrected chi connectivity index (χ1v) is 24.2. The van der Waals surface area contributed by atoms with Gasteiger partial charge in [-0.05, 0) is 130 Å². The van der Waals surface area contributed by atoms with Gasteiger partial charge in [-0.1, -0.05) is 39.8 Å². The van der Waals surface area contributed by atoms with Crippen LogP contribution in [0, 0.1) is 16.7 Å². The molecule has 2 aromatic carbocycles. The van der Waals surface area contributed by atoms with E-state index in [1.165, 1.54) is 4.90 Å². The van der Waals surface area contributed by atoms with Gasteiger partial charge in [0, 0.05) is 67.4 Å². The van der Waals surface area contributed by atoms with Crippen molar-refractivity contribution >= 4 is 88.5 Å². The minimum atomic E-state index is -1.07. The van der Waals surface area contributed by atoms with Crippen LogP contribution < -0.4 is 10.6 Å². The number of esters is 1. The monoisotopic (exact) mass is 1060 g/mol. The van der Waals surface area contributed by atoms with Gasteiger partial charge in [0.05, 0.1) is 42.8 Å². The molecule has 6 bridgehead atoms. The number of rotatable bonds is 9. The number of nitrogens with zero attached hydrogens (tertiary/aromatic N) is 3. The average molecular weight is 1060 g/mol. The number of fused-ring (bicyclic) bond motifs is 6. The van der Waals surface area contributed by atoms with Crippen LogP contribution in [-0.2, 0) is 57.5 Å². The summed E-state index contributed by atoms with van der Waals surface area (Å²) in [4.78, 5) is 63.8. The van der Waals surface area contributed by atoms with Crippen LogP contribution in [0.1, 0.15) is 103 Å². The zero-order valence-corrected chi connectivity index (χ0v) is 46.5. The number of phenols is 1. The maximum absolute atomic E-state index is 14.8. The lowest BCUT2D eigenvalue weighted by molar-refractivity contribution is -0.150. The lowest BCUT2D eigenvalue weighted by atomic mass is 9.78. The number of benzene rings is 2. The van der Waals surface area contributed by atoms with Crippen molar-refractivity contribution in [1.82, 2.24) is 25.1 Å². The lowest BCUT2D eigenvalue weighted by Crippen LogP contribution is -2.60. The Bertz CT molecular complexity index is 2510. The number of pyridine rings is 1. The zero-order valence-electron chi connectivity index (χ0n) is 42.5. The van der Waals surface area contributed by atoms with Gasteiger partial charge < -0.3 is 38.8 Å². The number of hydrogen-bond acceptors (Lipinski definition) is 11. The first-order valence-electron chi connectivity index (χ1n) is 24.2. The molecule has 4 aliphatic heterocycles. The van der Waals surface area contributed by atoms with Gasteiger partial charge in [0.25, 0.3) is 5.91 Å². The van der Waals surface area contributed by atoms with E-state index in [1.807, 2.05) is 39.0 Å². The van der Waals surface area contributed by atoms with Gasteiger partial charge in [-0.15, -0.1) is 0 Å². The molecule has 0 saturated carbocycles. The molecule has 6 heterocycles. The third-order valence-corrected chi connectivity index (χ3v) is 14.7. The standard InChI is InChI=1S/C53H69N5O9.4H2S/c1-9-58-43-16-15-34-26-38(43)39(47(58)37-12-11-19-54-45(37)32(4)64-8)27-52(5,6)29-67-51(63)41-14-10-13-40(55-41)48(60)42(24-33-22-35(34)25-36(59)23-33)56-49(61)46(31(2)3)57(7)50(62)44-28-53(30-66-44)17-20-65-21-18-53;;;;/h11-12,15-16,19,22-23,25-26,31-32,40-42,44,46,55,59H,9-10,13-14,17-18,20-21,24,27-30H2,1-8H3,(H,56,61);4*1H2/t32-,40?,41-,42-,44?,46-;;;;/m0..../s1. The van der Waals surface area contributed by atoms with Gasteiger partial charge in [0.15, 0.2) is 5.78 Å². The van der Waals surface area contributed by atoms with Gasteiger partial charge >= 0.3 is 5.97 Å². The summed E-state index contributed by atoms with van der Waals surface area (Å²) in [5.74, 6) is -1.73. The van der Waals surface area contributed by atoms with Gasteiger partial charge in [0.1, 0.15) is 23.9 Å². The highest BCUT2D eigenvalue weighted by Crippen LogP contribution is 2.44. The van der Waals surface area contributed by atoms with Crippen LogP contribution >= 0.6 is 54.0 Å². The largest absolute Gasteiger partial charge is 0.508 e. The molecule has 8 rings (SSSR count). The van der Waals surface area contributed by atoms with E-state index in [0.29, 0.717) is 64.0 Å². The summed E-state index contributed by atoms with van der Waals surface area (Å²) in [6.07, 6.45) is 5.22. The number of ketones is 1. The minimum Gasteiger partial charge on any atom is -0.508 e. The molecule has 18 heteroatoms. The van der Waals surface area contributed by atoms with Crippen LogP contribution in [0.25, 0.3) is 33.3 Å². The third-order valence-electron chi connectivity index (χ3n) is 14.7. The highest BCUT2D eigenvalue weighted by molar-refractivity contribution is 7.59. The molecule has 0 radical (unpaired) electrons. The Hall–Kier alpha value is -3.75.